The van der Waals surface area contributed by atoms with Crippen LogP contribution < -0.4 is 0 Å². The highest BCUT2D eigenvalue weighted by Gasteiger charge is 2.49. The van der Waals surface area contributed by atoms with Crippen molar-refractivity contribution in [2.75, 3.05) is 6.61 Å². The second-order valence-electron chi connectivity index (χ2n) is 12.2. The monoisotopic (exact) mass is 500 g/mol. The highest BCUT2D eigenvalue weighted by molar-refractivity contribution is 5.77. The molecule has 6 atom stereocenters. The lowest BCUT2D eigenvalue weighted by Crippen LogP contribution is -2.37. The molecular weight excluding hydrogens is 452 g/mol. The van der Waals surface area contributed by atoms with E-state index in [0.29, 0.717) is 37.7 Å². The second-order valence-corrected chi connectivity index (χ2v) is 12.2. The Morgan fingerprint density at radius 1 is 1.22 bits per heavy atom. The van der Waals surface area contributed by atoms with Crippen LogP contribution in [0.1, 0.15) is 91.9 Å². The van der Waals surface area contributed by atoms with Crippen LogP contribution in [0.15, 0.2) is 47.6 Å². The predicted molar refractivity (Wildman–Crippen MR) is 144 cm³/mol. The Morgan fingerprint density at radius 3 is 2.58 bits per heavy atom. The van der Waals surface area contributed by atoms with Crippen molar-refractivity contribution in [2.24, 2.45) is 22.7 Å². The molecule has 0 bridgehead atoms. The highest BCUT2D eigenvalue weighted by Crippen LogP contribution is 2.59. The average molecular weight is 501 g/mol. The van der Waals surface area contributed by atoms with Gasteiger partial charge in [0.2, 0.25) is 0 Å². The molecule has 3 saturated carbocycles. The van der Waals surface area contributed by atoms with E-state index in [2.05, 4.69) is 25.7 Å². The Morgan fingerprint density at radius 2 is 1.92 bits per heavy atom. The first-order valence-electron chi connectivity index (χ1n) is 14.0. The summed E-state index contributed by atoms with van der Waals surface area (Å²) in [5, 5.41) is 30.8. The van der Waals surface area contributed by atoms with E-state index in [9.17, 15) is 20.1 Å². The number of unbranched alkanes of at least 4 members (excludes halogenated alkanes) is 1. The third-order valence-corrected chi connectivity index (χ3v) is 8.97. The molecule has 0 aromatic rings. The van der Waals surface area contributed by atoms with Gasteiger partial charge in [-0.2, -0.15) is 0 Å². The summed E-state index contributed by atoms with van der Waals surface area (Å²) in [5.41, 5.74) is 2.73. The van der Waals surface area contributed by atoms with E-state index >= 15 is 0 Å². The van der Waals surface area contributed by atoms with Gasteiger partial charge in [-0.3, -0.25) is 4.79 Å². The zero-order valence-electron chi connectivity index (χ0n) is 22.8. The Labute approximate surface area is 218 Å². The summed E-state index contributed by atoms with van der Waals surface area (Å²) in [6.45, 7) is 12.7. The fourth-order valence-electron chi connectivity index (χ4n) is 6.57. The molecule has 3 aliphatic rings. The number of allylic oxidation sites excluding steroid dienone is 5. The van der Waals surface area contributed by atoms with Gasteiger partial charge in [-0.15, -0.1) is 0 Å². The first-order valence-corrected chi connectivity index (χ1v) is 14.0. The molecule has 0 heterocycles. The number of aliphatic hydroxyl groups is 3. The van der Waals surface area contributed by atoms with Gasteiger partial charge in [0.1, 0.15) is 0 Å². The van der Waals surface area contributed by atoms with Crippen LogP contribution in [-0.4, -0.2) is 46.2 Å². The maximum Gasteiger partial charge on any atom is 0.314 e. The normalized spacial score (nSPS) is 33.0. The van der Waals surface area contributed by atoms with E-state index in [1.54, 1.807) is 19.9 Å². The zero-order valence-corrected chi connectivity index (χ0v) is 22.8. The molecule has 0 unspecified atom stereocenters. The Balaban J connectivity index is 1.67. The van der Waals surface area contributed by atoms with Crippen LogP contribution in [0, 0.1) is 22.7 Å². The van der Waals surface area contributed by atoms with Gasteiger partial charge in [0.05, 0.1) is 30.3 Å². The molecule has 0 spiro atoms. The summed E-state index contributed by atoms with van der Waals surface area (Å²) in [6, 6.07) is 0. The first-order chi connectivity index (χ1) is 17.0. The highest BCUT2D eigenvalue weighted by atomic mass is 16.5. The topological polar surface area (TPSA) is 87.0 Å². The molecule has 5 nitrogen and oxygen atoms in total. The number of aliphatic hydroxyl groups excluding tert-OH is 3. The van der Waals surface area contributed by atoms with Crippen molar-refractivity contribution in [3.63, 3.8) is 0 Å². The molecule has 3 fully saturated rings. The van der Waals surface area contributed by atoms with E-state index in [1.807, 2.05) is 13.0 Å². The SMILES string of the molecule is C=C(C=C[C@H](O)C(C)(C)C(=O)OCCCC)[C@H]1CC[C@H]2C(=CC=C3C[C@@H](O)C[C@H](O)C3)CCC[C@]12C. The smallest absolute Gasteiger partial charge is 0.314 e. The number of esters is 1. The van der Waals surface area contributed by atoms with E-state index in [4.69, 9.17) is 4.74 Å². The van der Waals surface area contributed by atoms with Crippen molar-refractivity contribution in [3.05, 3.63) is 47.6 Å². The maximum absolute atomic E-state index is 12.5. The van der Waals surface area contributed by atoms with Crippen molar-refractivity contribution in [3.8, 4) is 0 Å². The van der Waals surface area contributed by atoms with Crippen LogP contribution in [0.5, 0.6) is 0 Å². The molecule has 36 heavy (non-hydrogen) atoms. The quantitative estimate of drug-likeness (QED) is 0.211. The number of hydrogen-bond acceptors (Lipinski definition) is 5. The van der Waals surface area contributed by atoms with Gasteiger partial charge in [0.25, 0.3) is 0 Å². The Hall–Kier alpha value is -1.69. The van der Waals surface area contributed by atoms with E-state index in [0.717, 1.165) is 56.1 Å². The molecule has 5 heteroatoms. The largest absolute Gasteiger partial charge is 0.465 e. The van der Waals surface area contributed by atoms with Gasteiger partial charge in [0, 0.05) is 0 Å². The summed E-state index contributed by atoms with van der Waals surface area (Å²) in [4.78, 5) is 12.5. The summed E-state index contributed by atoms with van der Waals surface area (Å²) < 4.78 is 5.36. The maximum atomic E-state index is 12.5. The van der Waals surface area contributed by atoms with Crippen molar-refractivity contribution in [2.45, 2.75) is 110 Å². The number of carbonyl (C=O) groups is 1. The molecule has 0 aromatic carbocycles. The second kappa shape index (κ2) is 12.2. The van der Waals surface area contributed by atoms with Crippen molar-refractivity contribution in [1.29, 1.82) is 0 Å². The number of hydrogen-bond donors (Lipinski definition) is 3. The first kappa shape index (κ1) is 28.9. The van der Waals surface area contributed by atoms with E-state index in [-0.39, 0.29) is 11.4 Å². The van der Waals surface area contributed by atoms with Crippen LogP contribution >= 0.6 is 0 Å². The summed E-state index contributed by atoms with van der Waals surface area (Å²) in [7, 11) is 0. The van der Waals surface area contributed by atoms with Crippen LogP contribution in [0.3, 0.4) is 0 Å². The zero-order chi connectivity index (χ0) is 26.5. The van der Waals surface area contributed by atoms with E-state index < -0.39 is 23.7 Å². The lowest BCUT2D eigenvalue weighted by Gasteiger charge is -2.42. The van der Waals surface area contributed by atoms with Crippen LogP contribution in [0.2, 0.25) is 0 Å². The van der Waals surface area contributed by atoms with Crippen LogP contribution in [0.4, 0.5) is 0 Å². The predicted octanol–water partition coefficient (Wildman–Crippen LogP) is 5.80. The number of ether oxygens (including phenoxy) is 1. The Bertz CT molecular complexity index is 869. The van der Waals surface area contributed by atoms with Crippen molar-refractivity contribution >= 4 is 5.97 Å². The molecule has 0 amide bonds. The lowest BCUT2D eigenvalue weighted by atomic mass is 9.62. The molecule has 0 aliphatic heterocycles. The molecule has 3 rings (SSSR count). The van der Waals surface area contributed by atoms with Crippen LogP contribution in [0.25, 0.3) is 0 Å². The minimum Gasteiger partial charge on any atom is -0.465 e. The number of fused-ring (bicyclic) bond motifs is 1. The summed E-state index contributed by atoms with van der Waals surface area (Å²) in [5.74, 6) is 0.452. The number of carbonyl (C=O) groups excluding carboxylic acids is 1. The molecule has 0 radical (unpaired) electrons. The Kier molecular flexibility index (Phi) is 9.81. The molecule has 3 N–H and O–H groups in total. The lowest BCUT2D eigenvalue weighted by molar-refractivity contribution is -0.158. The summed E-state index contributed by atoms with van der Waals surface area (Å²) in [6.07, 6.45) is 15.3. The van der Waals surface area contributed by atoms with Gasteiger partial charge < -0.3 is 20.1 Å². The van der Waals surface area contributed by atoms with Gasteiger partial charge in [-0.1, -0.05) is 67.9 Å². The van der Waals surface area contributed by atoms with Gasteiger partial charge in [-0.25, -0.2) is 0 Å². The fourth-order valence-corrected chi connectivity index (χ4v) is 6.57. The molecule has 3 aliphatic carbocycles. The van der Waals surface area contributed by atoms with Crippen molar-refractivity contribution in [1.82, 2.24) is 0 Å². The fraction of sp³-hybridized carbons (Fsp3) is 0.710. The minimum absolute atomic E-state index is 0.120. The average Bonchev–Trinajstić information content (AvgIpc) is 3.18. The third-order valence-electron chi connectivity index (χ3n) is 8.97. The van der Waals surface area contributed by atoms with Gasteiger partial charge >= 0.3 is 5.97 Å². The van der Waals surface area contributed by atoms with Gasteiger partial charge in [-0.05, 0) is 88.9 Å². The van der Waals surface area contributed by atoms with Gasteiger partial charge in [0.15, 0.2) is 0 Å². The van der Waals surface area contributed by atoms with Crippen molar-refractivity contribution < 1.29 is 24.9 Å². The molecule has 202 valence electrons. The minimum atomic E-state index is -1.01. The standard InChI is InChI=1S/C31H48O5/c1-6-7-17-36-29(35)30(3,4)28(34)15-10-21(2)26-13-14-27-23(9-8-16-31(26,27)5)12-11-22-18-24(32)20-25(33)19-22/h10-12,15,24-28,32-34H,2,6-9,13-14,16-20H2,1,3-5H3/t24-,25-,26-,27+,28+,31-/m1/s1. The van der Waals surface area contributed by atoms with E-state index in [1.165, 1.54) is 5.57 Å². The van der Waals surface area contributed by atoms with Crippen LogP contribution in [-0.2, 0) is 9.53 Å². The molecule has 0 saturated heterocycles. The third kappa shape index (κ3) is 6.59. The summed E-state index contributed by atoms with van der Waals surface area (Å²) >= 11 is 0. The number of rotatable bonds is 9. The molecule has 0 aromatic heterocycles. The molecular formula is C31H48O5.